The second-order valence-corrected chi connectivity index (χ2v) is 19.5. The number of hydrogen-bond acceptors (Lipinski definition) is 3. The van der Waals surface area contributed by atoms with E-state index in [9.17, 15) is 0 Å². The highest BCUT2D eigenvalue weighted by Gasteiger charge is 2.53. The average molecular weight is 266 g/mol. The molecule has 1 aliphatic heterocycles. The summed E-state index contributed by atoms with van der Waals surface area (Å²) in [6.07, 6.45) is 0. The Labute approximate surface area is 93.4 Å². The van der Waals surface area contributed by atoms with E-state index in [1.807, 2.05) is 0 Å². The summed E-state index contributed by atoms with van der Waals surface area (Å²) in [4.78, 5) is 0. The van der Waals surface area contributed by atoms with E-state index in [-0.39, 0.29) is 9.68 Å². The summed E-state index contributed by atoms with van der Waals surface area (Å²) in [6.45, 7) is 16.0. The maximum atomic E-state index is 6.25. The molecule has 3 nitrogen and oxygen atoms in total. The van der Waals surface area contributed by atoms with Crippen LogP contribution in [0, 0.1) is 0 Å². The lowest BCUT2D eigenvalue weighted by Crippen LogP contribution is -2.75. The first-order chi connectivity index (χ1) is 6.11. The lowest BCUT2D eigenvalue weighted by Gasteiger charge is -2.55. The first kappa shape index (κ1) is 12.8. The van der Waals surface area contributed by atoms with Gasteiger partial charge < -0.3 is 12.1 Å². The van der Waals surface area contributed by atoms with Crippen molar-refractivity contribution in [3.63, 3.8) is 0 Å². The van der Waals surface area contributed by atoms with Crippen molar-refractivity contribution in [3.8, 4) is 0 Å². The minimum Gasteiger partial charge on any atom is -0.425 e. The van der Waals surface area contributed by atoms with Gasteiger partial charge in [-0.05, 0) is 39.3 Å². The molecule has 0 amide bonds. The zero-order valence-corrected chi connectivity index (χ0v) is 14.9. The Morgan fingerprint density at radius 1 is 0.857 bits per heavy atom. The highest BCUT2D eigenvalue weighted by molar-refractivity contribution is 7.00. The van der Waals surface area contributed by atoms with Crippen LogP contribution >= 0.6 is 0 Å². The fourth-order valence-corrected chi connectivity index (χ4v) is 27.1. The molecule has 0 atom stereocenters. The topological polar surface area (TPSA) is 21.7 Å². The summed E-state index contributed by atoms with van der Waals surface area (Å²) in [7, 11) is -5.17. The molecule has 1 aliphatic rings. The van der Waals surface area contributed by atoms with Crippen LogP contribution in [0.15, 0.2) is 0 Å². The smallest absolute Gasteiger partial charge is 0.312 e. The predicted molar refractivity (Wildman–Crippen MR) is 70.9 cm³/mol. The Bertz CT molecular complexity index is 212. The van der Waals surface area contributed by atoms with E-state index in [1.165, 1.54) is 0 Å². The maximum absolute atomic E-state index is 6.25. The van der Waals surface area contributed by atoms with Gasteiger partial charge in [0.1, 0.15) is 0 Å². The molecular weight excluding hydrogens is 242 g/mol. The number of nitrogens with zero attached hydrogens (tertiary/aromatic N) is 1. The molecule has 0 aliphatic carbocycles. The Morgan fingerprint density at radius 2 is 1.21 bits per heavy atom. The Balaban J connectivity index is 2.99. The predicted octanol–water partition coefficient (Wildman–Crippen LogP) is 1.57. The zero-order chi connectivity index (χ0) is 11.2. The van der Waals surface area contributed by atoms with Gasteiger partial charge in [0.05, 0.1) is 9.68 Å². The van der Waals surface area contributed by atoms with Crippen LogP contribution in [-0.4, -0.2) is 39.1 Å². The molecule has 7 heteroatoms. The summed E-state index contributed by atoms with van der Waals surface area (Å²) < 4.78 is 15.2. The molecule has 1 fully saturated rings. The Morgan fingerprint density at radius 3 is 1.50 bits per heavy atom. The molecule has 0 spiro atoms. The van der Waals surface area contributed by atoms with Crippen LogP contribution < -0.4 is 0 Å². The molecule has 1 saturated heterocycles. The lowest BCUT2D eigenvalue weighted by atomic mass is 11.9. The first-order valence-corrected chi connectivity index (χ1v) is 15.9. The highest BCUT2D eigenvalue weighted by Crippen LogP contribution is 2.32. The monoisotopic (exact) mass is 265 g/mol. The highest BCUT2D eigenvalue weighted by atomic mass is 28.5. The molecule has 0 aromatic heterocycles. The van der Waals surface area contributed by atoms with Gasteiger partial charge in [-0.25, -0.2) is 0 Å². The Kier molecular flexibility index (Phi) is 3.34. The van der Waals surface area contributed by atoms with Crippen molar-refractivity contribution < 1.29 is 8.23 Å². The summed E-state index contributed by atoms with van der Waals surface area (Å²) in [5, 5.41) is 0. The van der Waals surface area contributed by atoms with Gasteiger partial charge in [-0.1, -0.05) is 6.55 Å². The molecule has 0 aromatic rings. The second-order valence-electron chi connectivity index (χ2n) is 5.24. The largest absolute Gasteiger partial charge is 0.425 e. The molecule has 0 saturated carbocycles. The molecule has 0 N–H and O–H groups in total. The molecule has 0 radical (unpaired) electrons. The van der Waals surface area contributed by atoms with Gasteiger partial charge in [-0.2, -0.15) is 0 Å². The van der Waals surface area contributed by atoms with Gasteiger partial charge in [-0.15, -0.1) is 0 Å². The maximum Gasteiger partial charge on any atom is 0.312 e. The van der Waals surface area contributed by atoms with Crippen LogP contribution in [0.2, 0.25) is 45.8 Å². The first-order valence-electron chi connectivity index (χ1n) is 5.29. The van der Waals surface area contributed by atoms with Crippen molar-refractivity contribution in [2.45, 2.75) is 45.8 Å². The van der Waals surface area contributed by atoms with Gasteiger partial charge in [-0.3, -0.25) is 0 Å². The van der Waals surface area contributed by atoms with Crippen LogP contribution in [0.3, 0.4) is 0 Å². The SMILES string of the molecule is C[SiH2]N1[Si](C)(C)O[Si](C)(C)O[Si]1(C)C. The van der Waals surface area contributed by atoms with Crippen molar-refractivity contribution >= 4 is 35.2 Å². The van der Waals surface area contributed by atoms with Crippen molar-refractivity contribution in [1.82, 2.24) is 3.90 Å². The average Bonchev–Trinajstić information content (AvgIpc) is 1.76. The molecule has 14 heavy (non-hydrogen) atoms. The van der Waals surface area contributed by atoms with Crippen LogP contribution in [0.5, 0.6) is 0 Å². The standard InChI is InChI=1S/C7H23NO2Si4/c1-11-8-12(2,3)9-14(6,7)10-13(8,4)5/h11H2,1-7H3. The van der Waals surface area contributed by atoms with E-state index in [0.717, 1.165) is 0 Å². The molecule has 1 rings (SSSR count). The third kappa shape index (κ3) is 2.46. The summed E-state index contributed by atoms with van der Waals surface area (Å²) in [6, 6.07) is 0. The fourth-order valence-electron chi connectivity index (χ4n) is 2.74. The van der Waals surface area contributed by atoms with E-state index in [0.29, 0.717) is 0 Å². The van der Waals surface area contributed by atoms with Gasteiger partial charge in [0.2, 0.25) is 17.0 Å². The molecule has 0 aromatic carbocycles. The Hall–Kier alpha value is 0.748. The zero-order valence-electron chi connectivity index (χ0n) is 10.5. The van der Waals surface area contributed by atoms with E-state index in [4.69, 9.17) is 8.23 Å². The molecular formula is C7H23NO2Si4. The number of rotatable bonds is 1. The van der Waals surface area contributed by atoms with Gasteiger partial charge in [0.25, 0.3) is 0 Å². The molecule has 1 heterocycles. The van der Waals surface area contributed by atoms with E-state index in [2.05, 4.69) is 49.7 Å². The van der Waals surface area contributed by atoms with Crippen molar-refractivity contribution in [2.75, 3.05) is 0 Å². The van der Waals surface area contributed by atoms with Crippen molar-refractivity contribution in [3.05, 3.63) is 0 Å². The molecule has 84 valence electrons. The molecule has 0 unspecified atom stereocenters. The van der Waals surface area contributed by atoms with Gasteiger partial charge in [0, 0.05) is 0 Å². The van der Waals surface area contributed by atoms with Crippen molar-refractivity contribution in [2.24, 2.45) is 0 Å². The second kappa shape index (κ2) is 3.65. The van der Waals surface area contributed by atoms with Crippen LogP contribution in [-0.2, 0) is 8.23 Å². The van der Waals surface area contributed by atoms with E-state index < -0.39 is 25.5 Å². The van der Waals surface area contributed by atoms with Gasteiger partial charge >= 0.3 is 8.56 Å². The third-order valence-electron chi connectivity index (χ3n) is 2.61. The minimum atomic E-state index is -1.82. The quantitative estimate of drug-likeness (QED) is 0.672. The van der Waals surface area contributed by atoms with Crippen LogP contribution in [0.1, 0.15) is 0 Å². The van der Waals surface area contributed by atoms with Gasteiger partial charge in [0.15, 0.2) is 0 Å². The fraction of sp³-hybridized carbons (Fsp3) is 1.00. The summed E-state index contributed by atoms with van der Waals surface area (Å²) >= 11 is 0. The van der Waals surface area contributed by atoms with E-state index in [1.54, 1.807) is 0 Å². The normalized spacial score (nSPS) is 31.1. The van der Waals surface area contributed by atoms with Crippen LogP contribution in [0.4, 0.5) is 0 Å². The van der Waals surface area contributed by atoms with Crippen LogP contribution in [0.25, 0.3) is 0 Å². The molecule has 0 bridgehead atoms. The number of hydrogen-bond donors (Lipinski definition) is 0. The summed E-state index contributed by atoms with van der Waals surface area (Å²) in [5.41, 5.74) is 0. The van der Waals surface area contributed by atoms with E-state index >= 15 is 0 Å². The minimum absolute atomic E-state index is 0.160. The summed E-state index contributed by atoms with van der Waals surface area (Å²) in [5.74, 6) is 0. The lowest BCUT2D eigenvalue weighted by molar-refractivity contribution is 0.325. The van der Waals surface area contributed by atoms with Crippen molar-refractivity contribution in [1.29, 1.82) is 0 Å². The third-order valence-corrected chi connectivity index (χ3v) is 23.5.